The van der Waals surface area contributed by atoms with Crippen molar-refractivity contribution in [2.24, 2.45) is 17.8 Å². The fraction of sp³-hybridized carbons (Fsp3) is 0.636. The Bertz CT molecular complexity index is 827. The van der Waals surface area contributed by atoms with Crippen molar-refractivity contribution in [2.75, 3.05) is 19.7 Å². The van der Waals surface area contributed by atoms with Crippen LogP contribution in [0.5, 0.6) is 0 Å². The Labute approximate surface area is 166 Å². The highest BCUT2D eigenvalue weighted by Gasteiger charge is 2.56. The van der Waals surface area contributed by atoms with E-state index in [-0.39, 0.29) is 42.0 Å². The van der Waals surface area contributed by atoms with Gasteiger partial charge < -0.3 is 15.0 Å². The Kier molecular flexibility index (Phi) is 5.43. The van der Waals surface area contributed by atoms with E-state index in [1.165, 1.54) is 12.8 Å². The lowest BCUT2D eigenvalue weighted by Crippen LogP contribution is -2.47. The van der Waals surface area contributed by atoms with Gasteiger partial charge >= 0.3 is 0 Å². The number of hydrogen-bond donors (Lipinski definition) is 2. The van der Waals surface area contributed by atoms with Crippen molar-refractivity contribution in [1.82, 2.24) is 14.8 Å². The first-order valence-electron chi connectivity index (χ1n) is 10.6. The molecule has 4 atom stereocenters. The number of aliphatic hydroxyl groups excluding tert-OH is 1. The summed E-state index contributed by atoms with van der Waals surface area (Å²) in [6, 6.07) is 3.77. The van der Waals surface area contributed by atoms with E-state index in [2.05, 4.69) is 10.2 Å². The lowest BCUT2D eigenvalue weighted by Gasteiger charge is -2.38. The van der Waals surface area contributed by atoms with Gasteiger partial charge in [0.15, 0.2) is 0 Å². The zero-order valence-electron chi connectivity index (χ0n) is 16.8. The Morgan fingerprint density at radius 1 is 1.36 bits per heavy atom. The third kappa shape index (κ3) is 3.22. The molecule has 0 spiro atoms. The van der Waals surface area contributed by atoms with Gasteiger partial charge in [-0.25, -0.2) is 0 Å². The van der Waals surface area contributed by atoms with Crippen LogP contribution in [-0.2, 0) is 11.3 Å². The molecule has 4 rings (SSSR count). The van der Waals surface area contributed by atoms with Crippen molar-refractivity contribution < 1.29 is 9.90 Å². The molecular formula is C22H31N3O3. The summed E-state index contributed by atoms with van der Waals surface area (Å²) >= 11 is 0. The molecule has 1 amide bonds. The second-order valence-electron chi connectivity index (χ2n) is 8.44. The number of aromatic nitrogens is 1. The summed E-state index contributed by atoms with van der Waals surface area (Å²) in [5.41, 5.74) is 1.60. The van der Waals surface area contributed by atoms with Gasteiger partial charge in [0.25, 0.3) is 5.56 Å². The highest BCUT2D eigenvalue weighted by molar-refractivity contribution is 5.80. The summed E-state index contributed by atoms with van der Waals surface area (Å²) in [7, 11) is 0. The molecule has 1 saturated carbocycles. The van der Waals surface area contributed by atoms with E-state index in [9.17, 15) is 14.7 Å². The normalized spacial score (nSPS) is 29.2. The maximum atomic E-state index is 13.1. The second kappa shape index (κ2) is 7.84. The van der Waals surface area contributed by atoms with Crippen molar-refractivity contribution in [3.63, 3.8) is 0 Å². The molecule has 0 aromatic carbocycles. The largest absolute Gasteiger partial charge is 0.396 e. The summed E-state index contributed by atoms with van der Waals surface area (Å²) < 4.78 is 1.85. The van der Waals surface area contributed by atoms with Crippen molar-refractivity contribution in [1.29, 1.82) is 0 Å². The van der Waals surface area contributed by atoms with Crippen LogP contribution in [0.25, 0.3) is 6.08 Å². The fourth-order valence-corrected chi connectivity index (χ4v) is 5.06. The quantitative estimate of drug-likeness (QED) is 0.750. The van der Waals surface area contributed by atoms with Crippen LogP contribution in [0.1, 0.15) is 50.4 Å². The maximum Gasteiger partial charge on any atom is 0.258 e. The third-order valence-corrected chi connectivity index (χ3v) is 6.56. The van der Waals surface area contributed by atoms with Crippen LogP contribution in [0, 0.1) is 17.8 Å². The summed E-state index contributed by atoms with van der Waals surface area (Å²) in [6.07, 6.45) is 7.06. The molecule has 28 heavy (non-hydrogen) atoms. The molecule has 2 aliphatic heterocycles. The van der Waals surface area contributed by atoms with Crippen LogP contribution in [0.15, 0.2) is 23.0 Å². The number of fused-ring (bicyclic) bond motifs is 4. The summed E-state index contributed by atoms with van der Waals surface area (Å²) in [6.45, 7) is 6.05. The topological polar surface area (TPSA) is 74.6 Å². The molecule has 6 nitrogen and oxygen atoms in total. The van der Waals surface area contributed by atoms with Gasteiger partial charge in [-0.05, 0) is 44.2 Å². The average molecular weight is 386 g/mol. The summed E-state index contributed by atoms with van der Waals surface area (Å²) in [4.78, 5) is 28.5. The molecule has 6 heteroatoms. The van der Waals surface area contributed by atoms with Crippen LogP contribution in [0.3, 0.4) is 0 Å². The number of carbonyl (C=O) groups is 1. The van der Waals surface area contributed by atoms with E-state index in [1.54, 1.807) is 0 Å². The molecule has 2 N–H and O–H groups in total. The average Bonchev–Trinajstić information content (AvgIpc) is 3.47. The Balaban J connectivity index is 1.78. The number of carbonyl (C=O) groups excluding carboxylic acids is 1. The van der Waals surface area contributed by atoms with E-state index in [0.29, 0.717) is 24.6 Å². The lowest BCUT2D eigenvalue weighted by atomic mass is 9.86. The number of nitrogens with zero attached hydrogens (tertiary/aromatic N) is 2. The van der Waals surface area contributed by atoms with Crippen molar-refractivity contribution >= 4 is 12.0 Å². The minimum Gasteiger partial charge on any atom is -0.396 e. The Morgan fingerprint density at radius 3 is 2.79 bits per heavy atom. The second-order valence-corrected chi connectivity index (χ2v) is 8.44. The van der Waals surface area contributed by atoms with Gasteiger partial charge in [-0.2, -0.15) is 0 Å². The molecule has 0 radical (unpaired) electrons. The molecule has 0 unspecified atom stereocenters. The van der Waals surface area contributed by atoms with Crippen molar-refractivity contribution in [3.8, 4) is 0 Å². The van der Waals surface area contributed by atoms with Crippen molar-refractivity contribution in [3.05, 3.63) is 39.8 Å². The Hall–Kier alpha value is -1.92. The minimum atomic E-state index is -0.319. The molecular weight excluding hydrogens is 354 g/mol. The highest BCUT2D eigenvalue weighted by atomic mass is 16.3. The first-order chi connectivity index (χ1) is 13.6. The van der Waals surface area contributed by atoms with E-state index < -0.39 is 0 Å². The van der Waals surface area contributed by atoms with Gasteiger partial charge in [0.1, 0.15) is 0 Å². The number of aliphatic hydroxyl groups is 1. The predicted octanol–water partition coefficient (Wildman–Crippen LogP) is 1.78. The van der Waals surface area contributed by atoms with Gasteiger partial charge in [-0.15, -0.1) is 0 Å². The standard InChI is InChI=1S/C22H31N3O3/c1-3-5-15-8-9-17-20-19(21(27)23-10-4-2)16(13-26)18(12-25(17)22(15)28)24(20)11-14-6-7-14/h3,5,8-9,14,16,18-20,26H,4,6-7,10-13H2,1-2H3,(H,23,27)/b5-3+/t16-,18-,19+,20+/m0/s1. The van der Waals surface area contributed by atoms with E-state index in [1.807, 2.05) is 42.7 Å². The molecule has 152 valence electrons. The number of nitrogens with one attached hydrogen (secondary N) is 1. The summed E-state index contributed by atoms with van der Waals surface area (Å²) in [5.74, 6) is 0.223. The molecule has 2 bridgehead atoms. The van der Waals surface area contributed by atoms with Crippen LogP contribution in [0.4, 0.5) is 0 Å². The number of hydrogen-bond acceptors (Lipinski definition) is 4. The molecule has 1 aromatic rings. The van der Waals surface area contributed by atoms with Gasteiger partial charge in [0.05, 0.1) is 12.0 Å². The zero-order valence-corrected chi connectivity index (χ0v) is 16.8. The first-order valence-corrected chi connectivity index (χ1v) is 10.6. The van der Waals surface area contributed by atoms with Crippen LogP contribution >= 0.6 is 0 Å². The SMILES string of the molecule is C/C=C/c1ccc2n(c1=O)C[C@H]1[C@H](CO)[C@@H](C(=O)NCCC)[C@@H]2N1CC1CC1. The number of allylic oxidation sites excluding steroid dienone is 1. The van der Waals surface area contributed by atoms with E-state index in [0.717, 1.165) is 18.7 Å². The van der Waals surface area contributed by atoms with Crippen LogP contribution in [0.2, 0.25) is 0 Å². The molecule has 1 aliphatic carbocycles. The highest BCUT2D eigenvalue weighted by Crippen LogP contribution is 2.49. The van der Waals surface area contributed by atoms with Crippen molar-refractivity contribution in [2.45, 2.75) is 51.7 Å². The first kappa shape index (κ1) is 19.4. The summed E-state index contributed by atoms with van der Waals surface area (Å²) in [5, 5.41) is 13.2. The van der Waals surface area contributed by atoms with Crippen LogP contribution in [-0.4, -0.2) is 46.2 Å². The van der Waals surface area contributed by atoms with E-state index in [4.69, 9.17) is 0 Å². The van der Waals surface area contributed by atoms with Crippen LogP contribution < -0.4 is 10.9 Å². The number of rotatable bonds is 7. The fourth-order valence-electron chi connectivity index (χ4n) is 5.06. The molecule has 1 saturated heterocycles. The smallest absolute Gasteiger partial charge is 0.258 e. The van der Waals surface area contributed by atoms with Gasteiger partial charge in [-0.3, -0.25) is 14.5 Å². The maximum absolute atomic E-state index is 13.1. The molecule has 3 heterocycles. The monoisotopic (exact) mass is 385 g/mol. The lowest BCUT2D eigenvalue weighted by molar-refractivity contribution is -0.127. The molecule has 1 aromatic heterocycles. The molecule has 3 aliphatic rings. The van der Waals surface area contributed by atoms with E-state index >= 15 is 0 Å². The zero-order chi connectivity index (χ0) is 19.8. The third-order valence-electron chi connectivity index (χ3n) is 6.56. The predicted molar refractivity (Wildman–Crippen MR) is 109 cm³/mol. The number of pyridine rings is 1. The van der Waals surface area contributed by atoms with Gasteiger partial charge in [0.2, 0.25) is 5.91 Å². The van der Waals surface area contributed by atoms with Gasteiger partial charge in [-0.1, -0.05) is 19.1 Å². The molecule has 2 fully saturated rings. The Morgan fingerprint density at radius 2 is 2.14 bits per heavy atom. The van der Waals surface area contributed by atoms with Gasteiger partial charge in [0, 0.05) is 49.5 Å². The minimum absolute atomic E-state index is 0.00276. The number of amides is 1.